The summed E-state index contributed by atoms with van der Waals surface area (Å²) in [6, 6.07) is -0.234. The van der Waals surface area contributed by atoms with Crippen molar-refractivity contribution in [1.82, 2.24) is 4.72 Å². The van der Waals surface area contributed by atoms with Crippen LogP contribution in [0.5, 0.6) is 0 Å². The zero-order valence-corrected chi connectivity index (χ0v) is 14.4. The number of nitrogens with one attached hydrogen (secondary N) is 1. The molecule has 0 bridgehead atoms. The van der Waals surface area contributed by atoms with Crippen molar-refractivity contribution in [3.8, 4) is 0 Å². The molecule has 0 spiro atoms. The molecule has 1 N–H and O–H groups in total. The van der Waals surface area contributed by atoms with Gasteiger partial charge in [-0.15, -0.1) is 4.72 Å². The molecule has 6 nitrogen and oxygen atoms in total. The minimum atomic E-state index is -1.24. The van der Waals surface area contributed by atoms with E-state index in [4.69, 9.17) is 14.2 Å². The maximum Gasteiger partial charge on any atom is 0.307 e. The number of rotatable bonds is 7. The van der Waals surface area contributed by atoms with Gasteiger partial charge >= 0.3 is 5.97 Å². The summed E-state index contributed by atoms with van der Waals surface area (Å²) in [7, 11) is 1.35. The van der Waals surface area contributed by atoms with Gasteiger partial charge in [-0.2, -0.15) is 0 Å². The van der Waals surface area contributed by atoms with E-state index in [-0.39, 0.29) is 18.4 Å². The molecule has 1 unspecified atom stereocenters. The van der Waals surface area contributed by atoms with Crippen LogP contribution in [0.2, 0.25) is 0 Å². The second kappa shape index (κ2) is 7.78. The van der Waals surface area contributed by atoms with Crippen LogP contribution in [0.4, 0.5) is 0 Å². The van der Waals surface area contributed by atoms with Crippen LogP contribution in [0.1, 0.15) is 47.0 Å². The van der Waals surface area contributed by atoms with Gasteiger partial charge in [0.1, 0.15) is 4.75 Å². The Labute approximate surface area is 130 Å². The van der Waals surface area contributed by atoms with E-state index in [1.165, 1.54) is 7.11 Å². The molecule has 124 valence electrons. The molecule has 1 fully saturated rings. The summed E-state index contributed by atoms with van der Waals surface area (Å²) in [5.74, 6) is -0.934. The molecule has 2 atom stereocenters. The average Bonchev–Trinajstić information content (AvgIpc) is 2.82. The van der Waals surface area contributed by atoms with Gasteiger partial charge in [0.25, 0.3) is 0 Å². The molecule has 1 aliphatic heterocycles. The summed E-state index contributed by atoms with van der Waals surface area (Å²) in [5, 5.41) is 0. The minimum absolute atomic E-state index is 0.175. The third-order valence-corrected chi connectivity index (χ3v) is 4.98. The van der Waals surface area contributed by atoms with E-state index in [9.17, 15) is 9.35 Å². The van der Waals surface area contributed by atoms with E-state index >= 15 is 0 Å². The lowest BCUT2D eigenvalue weighted by molar-refractivity contribution is -0.150. The summed E-state index contributed by atoms with van der Waals surface area (Å²) in [5.41, 5.74) is 0. The fourth-order valence-corrected chi connectivity index (χ4v) is 2.81. The number of methoxy groups -OCH3 is 1. The van der Waals surface area contributed by atoms with E-state index in [0.29, 0.717) is 26.1 Å². The van der Waals surface area contributed by atoms with Crippen LogP contribution in [0, 0.1) is 0 Å². The molecule has 0 aromatic heterocycles. The summed E-state index contributed by atoms with van der Waals surface area (Å²) in [6.07, 6.45) is 1.42. The molecular weight excluding hydrogens is 294 g/mol. The first-order chi connectivity index (χ1) is 9.66. The predicted molar refractivity (Wildman–Crippen MR) is 81.0 cm³/mol. The first-order valence-electron chi connectivity index (χ1n) is 7.19. The lowest BCUT2D eigenvalue weighted by Crippen LogP contribution is -2.46. The third-order valence-electron chi connectivity index (χ3n) is 3.32. The van der Waals surface area contributed by atoms with Gasteiger partial charge < -0.3 is 18.8 Å². The Bertz CT molecular complexity index is 339. The SMILES string of the molecule is COC(=O)C[C@H](CCC1(C)OCCO1)N[S+]([O-])C(C)(C)C. The van der Waals surface area contributed by atoms with Gasteiger partial charge in [-0.05, 0) is 34.1 Å². The highest BCUT2D eigenvalue weighted by molar-refractivity contribution is 7.90. The zero-order valence-electron chi connectivity index (χ0n) is 13.6. The lowest BCUT2D eigenvalue weighted by atomic mass is 10.0. The Morgan fingerprint density at radius 1 is 1.43 bits per heavy atom. The maximum atomic E-state index is 12.2. The van der Waals surface area contributed by atoms with Crippen molar-refractivity contribution in [2.24, 2.45) is 0 Å². The fourth-order valence-electron chi connectivity index (χ4n) is 1.95. The van der Waals surface area contributed by atoms with E-state index in [2.05, 4.69) is 4.72 Å². The van der Waals surface area contributed by atoms with Crippen molar-refractivity contribution in [3.63, 3.8) is 0 Å². The van der Waals surface area contributed by atoms with Crippen LogP contribution in [-0.4, -0.2) is 47.4 Å². The third kappa shape index (κ3) is 6.52. The molecule has 21 heavy (non-hydrogen) atoms. The summed E-state index contributed by atoms with van der Waals surface area (Å²) >= 11 is -1.24. The maximum absolute atomic E-state index is 12.2. The largest absolute Gasteiger partial charge is 0.598 e. The zero-order chi connectivity index (χ0) is 16.1. The topological polar surface area (TPSA) is 79.9 Å². The lowest BCUT2D eigenvalue weighted by Gasteiger charge is -2.29. The van der Waals surface area contributed by atoms with Crippen molar-refractivity contribution in [1.29, 1.82) is 0 Å². The highest BCUT2D eigenvalue weighted by atomic mass is 32.2. The van der Waals surface area contributed by atoms with Gasteiger partial charge in [0.2, 0.25) is 0 Å². The van der Waals surface area contributed by atoms with Gasteiger partial charge in [0.15, 0.2) is 5.79 Å². The number of ether oxygens (including phenoxy) is 3. The van der Waals surface area contributed by atoms with Crippen molar-refractivity contribution >= 4 is 17.3 Å². The van der Waals surface area contributed by atoms with E-state index in [0.717, 1.165) is 0 Å². The normalized spacial score (nSPS) is 21.0. The number of esters is 1. The molecule has 1 aliphatic rings. The molecule has 7 heteroatoms. The Morgan fingerprint density at radius 2 is 2.00 bits per heavy atom. The molecule has 0 amide bonds. The number of hydrogen-bond acceptors (Lipinski definition) is 6. The van der Waals surface area contributed by atoms with E-state index < -0.39 is 21.9 Å². The van der Waals surface area contributed by atoms with Crippen molar-refractivity contribution in [2.45, 2.75) is 63.5 Å². The smallest absolute Gasteiger partial charge is 0.307 e. The molecule has 0 aromatic carbocycles. The highest BCUT2D eigenvalue weighted by Crippen LogP contribution is 2.26. The quantitative estimate of drug-likeness (QED) is 0.565. The monoisotopic (exact) mass is 321 g/mol. The van der Waals surface area contributed by atoms with Crippen LogP contribution in [0.15, 0.2) is 0 Å². The first-order valence-corrected chi connectivity index (χ1v) is 8.34. The second-order valence-corrected chi connectivity index (χ2v) is 8.34. The van der Waals surface area contributed by atoms with Crippen LogP contribution < -0.4 is 4.72 Å². The van der Waals surface area contributed by atoms with Crippen molar-refractivity contribution in [2.75, 3.05) is 20.3 Å². The van der Waals surface area contributed by atoms with Gasteiger partial charge in [0, 0.05) is 17.8 Å². The van der Waals surface area contributed by atoms with Crippen LogP contribution in [-0.2, 0) is 30.4 Å². The van der Waals surface area contributed by atoms with E-state index in [1.807, 2.05) is 27.7 Å². The molecule has 0 radical (unpaired) electrons. The molecule has 0 saturated carbocycles. The fraction of sp³-hybridized carbons (Fsp3) is 0.929. The molecule has 0 aromatic rings. The Kier molecular flexibility index (Phi) is 6.93. The number of carbonyl (C=O) groups is 1. The van der Waals surface area contributed by atoms with Gasteiger partial charge in [-0.3, -0.25) is 4.79 Å². The average molecular weight is 321 g/mol. The Hall–Kier alpha value is -0.340. The van der Waals surface area contributed by atoms with Gasteiger partial charge in [-0.1, -0.05) is 0 Å². The van der Waals surface area contributed by atoms with Crippen molar-refractivity contribution in [3.05, 3.63) is 0 Å². The van der Waals surface area contributed by atoms with Gasteiger partial charge in [0.05, 0.1) is 32.8 Å². The predicted octanol–water partition coefficient (Wildman–Crippen LogP) is 1.51. The van der Waals surface area contributed by atoms with Crippen LogP contribution in [0.25, 0.3) is 0 Å². The summed E-state index contributed by atoms with van der Waals surface area (Å²) in [4.78, 5) is 11.5. The highest BCUT2D eigenvalue weighted by Gasteiger charge is 2.34. The number of hydrogen-bond donors (Lipinski definition) is 1. The second-order valence-electron chi connectivity index (χ2n) is 6.35. The van der Waals surface area contributed by atoms with Crippen LogP contribution >= 0.6 is 0 Å². The Balaban J connectivity index is 2.57. The first kappa shape index (κ1) is 18.7. The molecule has 1 saturated heterocycles. The van der Waals surface area contributed by atoms with Crippen molar-refractivity contribution < 1.29 is 23.6 Å². The molecule has 1 rings (SSSR count). The summed E-state index contributed by atoms with van der Waals surface area (Å²) in [6.45, 7) is 8.70. The van der Waals surface area contributed by atoms with E-state index in [1.54, 1.807) is 0 Å². The molecule has 0 aliphatic carbocycles. The standard InChI is InChI=1S/C14H27NO5S/c1-13(2,3)21(17)15-11(10-12(16)18-5)6-7-14(4)19-8-9-20-14/h11,15H,6-10H2,1-5H3/t11-,21?/m0/s1. The molecular formula is C14H27NO5S. The summed E-state index contributed by atoms with van der Waals surface area (Å²) < 4.78 is 30.6. The molecule has 1 heterocycles. The van der Waals surface area contributed by atoms with Gasteiger partial charge in [-0.25, -0.2) is 0 Å². The van der Waals surface area contributed by atoms with Crippen LogP contribution in [0.3, 0.4) is 0 Å². The minimum Gasteiger partial charge on any atom is -0.598 e. The number of carbonyl (C=O) groups excluding carboxylic acids is 1. The Morgan fingerprint density at radius 3 is 2.48 bits per heavy atom.